The average Bonchev–Trinajstić information content (AvgIpc) is 2.45. The molecule has 1 aromatic carbocycles. The summed E-state index contributed by atoms with van der Waals surface area (Å²) in [5, 5.41) is 10.4. The lowest BCUT2D eigenvalue weighted by Crippen LogP contribution is -2.33. The van der Waals surface area contributed by atoms with Crippen molar-refractivity contribution < 1.29 is 0 Å². The van der Waals surface area contributed by atoms with Gasteiger partial charge in [-0.2, -0.15) is 5.26 Å². The van der Waals surface area contributed by atoms with E-state index in [1.54, 1.807) is 0 Å². The largest absolute Gasteiger partial charge is 0.356 e. The lowest BCUT2D eigenvalue weighted by molar-refractivity contribution is 0.318. The van der Waals surface area contributed by atoms with Crippen LogP contribution in [0.2, 0.25) is 0 Å². The summed E-state index contributed by atoms with van der Waals surface area (Å²) in [6, 6.07) is 12.3. The molecule has 0 unspecified atom stereocenters. The Morgan fingerprint density at radius 2 is 2.15 bits per heavy atom. The highest BCUT2D eigenvalue weighted by Crippen LogP contribution is 2.30. The summed E-state index contributed by atoms with van der Waals surface area (Å²) < 4.78 is 0. The van der Waals surface area contributed by atoms with Crippen LogP contribution in [0.25, 0.3) is 10.9 Å². The Labute approximate surface area is 119 Å². The molecule has 2 aromatic rings. The van der Waals surface area contributed by atoms with Crippen LogP contribution in [-0.2, 0) is 0 Å². The number of rotatable bonds is 4. The molecule has 0 saturated heterocycles. The van der Waals surface area contributed by atoms with Gasteiger partial charge in [0.1, 0.15) is 11.9 Å². The summed E-state index contributed by atoms with van der Waals surface area (Å²) in [6.45, 7) is 4.06. The zero-order valence-electron chi connectivity index (χ0n) is 11.8. The number of nitrogens with zero attached hydrogens (tertiary/aromatic N) is 3. The van der Waals surface area contributed by atoms with Gasteiger partial charge in [0.05, 0.1) is 11.1 Å². The van der Waals surface area contributed by atoms with E-state index in [0.717, 1.165) is 35.7 Å². The normalized spacial score (nSPS) is 14.8. The number of pyridine rings is 1. The molecule has 0 radical (unpaired) electrons. The van der Waals surface area contributed by atoms with Crippen molar-refractivity contribution in [1.29, 1.82) is 5.26 Å². The first-order valence-electron chi connectivity index (χ1n) is 7.36. The number of fused-ring (bicyclic) bond motifs is 1. The Balaban J connectivity index is 2.00. The van der Waals surface area contributed by atoms with Crippen LogP contribution in [-0.4, -0.2) is 18.1 Å². The summed E-state index contributed by atoms with van der Waals surface area (Å²) in [4.78, 5) is 6.99. The average molecular weight is 265 g/mol. The highest BCUT2D eigenvalue weighted by molar-refractivity contribution is 5.83. The number of anilines is 1. The molecule has 102 valence electrons. The molecule has 0 spiro atoms. The van der Waals surface area contributed by atoms with Gasteiger partial charge in [-0.3, -0.25) is 0 Å². The Kier molecular flexibility index (Phi) is 3.56. The number of nitriles is 1. The van der Waals surface area contributed by atoms with Gasteiger partial charge in [0.25, 0.3) is 0 Å². The molecule has 3 nitrogen and oxygen atoms in total. The van der Waals surface area contributed by atoms with Crippen LogP contribution in [0.1, 0.15) is 31.7 Å². The van der Waals surface area contributed by atoms with Crippen LogP contribution < -0.4 is 4.90 Å². The summed E-state index contributed by atoms with van der Waals surface area (Å²) >= 11 is 0. The van der Waals surface area contributed by atoms with E-state index in [1.807, 2.05) is 30.3 Å². The minimum atomic E-state index is 0.685. The molecule has 1 aliphatic carbocycles. The molecule has 0 bridgehead atoms. The predicted molar refractivity (Wildman–Crippen MR) is 81.7 cm³/mol. The van der Waals surface area contributed by atoms with Gasteiger partial charge >= 0.3 is 0 Å². The summed E-state index contributed by atoms with van der Waals surface area (Å²) in [6.07, 6.45) is 3.97. The maximum atomic E-state index is 9.41. The Morgan fingerprint density at radius 3 is 2.80 bits per heavy atom. The molecule has 1 aromatic heterocycles. The minimum absolute atomic E-state index is 0.685. The molecular weight excluding hydrogens is 246 g/mol. The smallest absolute Gasteiger partial charge is 0.147 e. The van der Waals surface area contributed by atoms with E-state index >= 15 is 0 Å². The van der Waals surface area contributed by atoms with Gasteiger partial charge in [-0.25, -0.2) is 4.98 Å². The molecule has 0 atom stereocenters. The van der Waals surface area contributed by atoms with E-state index in [-0.39, 0.29) is 0 Å². The van der Waals surface area contributed by atoms with E-state index < -0.39 is 0 Å². The van der Waals surface area contributed by atoms with Crippen LogP contribution in [0, 0.1) is 17.2 Å². The van der Waals surface area contributed by atoms with Crippen molar-refractivity contribution in [2.75, 3.05) is 18.0 Å². The number of aromatic nitrogens is 1. The molecule has 3 rings (SSSR count). The Hall–Kier alpha value is -2.08. The van der Waals surface area contributed by atoms with Crippen molar-refractivity contribution in [2.45, 2.75) is 26.2 Å². The molecule has 1 aliphatic rings. The number of para-hydroxylation sites is 1. The van der Waals surface area contributed by atoms with Crippen LogP contribution in [0.4, 0.5) is 5.82 Å². The van der Waals surface area contributed by atoms with E-state index in [2.05, 4.69) is 17.9 Å². The number of hydrogen-bond donors (Lipinski definition) is 0. The van der Waals surface area contributed by atoms with Crippen LogP contribution in [0.5, 0.6) is 0 Å². The zero-order valence-corrected chi connectivity index (χ0v) is 11.8. The summed E-state index contributed by atoms with van der Waals surface area (Å²) in [7, 11) is 0. The van der Waals surface area contributed by atoms with Crippen LogP contribution >= 0.6 is 0 Å². The van der Waals surface area contributed by atoms with Crippen LogP contribution in [0.15, 0.2) is 30.3 Å². The fourth-order valence-electron chi connectivity index (χ4n) is 2.78. The lowest BCUT2D eigenvalue weighted by Gasteiger charge is -2.32. The van der Waals surface area contributed by atoms with Crippen molar-refractivity contribution in [2.24, 2.45) is 5.92 Å². The molecule has 3 heteroatoms. The molecule has 1 heterocycles. The van der Waals surface area contributed by atoms with E-state index in [0.29, 0.717) is 5.56 Å². The minimum Gasteiger partial charge on any atom is -0.356 e. The maximum Gasteiger partial charge on any atom is 0.147 e. The second-order valence-corrected chi connectivity index (χ2v) is 5.50. The van der Waals surface area contributed by atoms with Gasteiger partial charge in [0, 0.05) is 18.5 Å². The highest BCUT2D eigenvalue weighted by atomic mass is 15.2. The molecule has 1 fully saturated rings. The highest BCUT2D eigenvalue weighted by Gasteiger charge is 2.22. The fourth-order valence-corrected chi connectivity index (χ4v) is 2.78. The first-order valence-corrected chi connectivity index (χ1v) is 7.36. The molecule has 0 N–H and O–H groups in total. The second-order valence-electron chi connectivity index (χ2n) is 5.50. The molecular formula is C17H19N3. The molecule has 0 aliphatic heterocycles. The van der Waals surface area contributed by atoms with Gasteiger partial charge in [-0.1, -0.05) is 24.6 Å². The third kappa shape index (κ3) is 2.34. The lowest BCUT2D eigenvalue weighted by atomic mass is 9.85. The fraction of sp³-hybridized carbons (Fsp3) is 0.412. The Morgan fingerprint density at radius 1 is 1.35 bits per heavy atom. The maximum absolute atomic E-state index is 9.41. The van der Waals surface area contributed by atoms with Crippen LogP contribution in [0.3, 0.4) is 0 Å². The Bertz CT molecular complexity index is 653. The van der Waals surface area contributed by atoms with Crippen molar-refractivity contribution in [3.63, 3.8) is 0 Å². The third-order valence-electron chi connectivity index (χ3n) is 4.21. The van der Waals surface area contributed by atoms with Crippen molar-refractivity contribution >= 4 is 16.7 Å². The van der Waals surface area contributed by atoms with Crippen molar-refractivity contribution in [3.05, 3.63) is 35.9 Å². The SMILES string of the molecule is CCN(CC1CCC1)c1nc2ccccc2cc1C#N. The van der Waals surface area contributed by atoms with Gasteiger partial charge < -0.3 is 4.90 Å². The van der Waals surface area contributed by atoms with E-state index in [4.69, 9.17) is 4.98 Å². The third-order valence-corrected chi connectivity index (χ3v) is 4.21. The zero-order chi connectivity index (χ0) is 13.9. The topological polar surface area (TPSA) is 39.9 Å². The predicted octanol–water partition coefficient (Wildman–Crippen LogP) is 3.73. The van der Waals surface area contributed by atoms with Gasteiger partial charge in [-0.15, -0.1) is 0 Å². The summed E-state index contributed by atoms with van der Waals surface area (Å²) in [5.74, 6) is 1.62. The number of benzene rings is 1. The molecule has 1 saturated carbocycles. The van der Waals surface area contributed by atoms with E-state index in [1.165, 1.54) is 19.3 Å². The molecule has 0 amide bonds. The summed E-state index contributed by atoms with van der Waals surface area (Å²) in [5.41, 5.74) is 1.65. The monoisotopic (exact) mass is 265 g/mol. The molecule has 20 heavy (non-hydrogen) atoms. The standard InChI is InChI=1S/C17H19N3/c1-2-20(12-13-6-5-7-13)17-15(11-18)10-14-8-3-4-9-16(14)19-17/h3-4,8-10,13H,2,5-7,12H2,1H3. The van der Waals surface area contributed by atoms with E-state index in [9.17, 15) is 5.26 Å². The van der Waals surface area contributed by atoms with Gasteiger partial charge in [-0.05, 0) is 37.8 Å². The first-order chi connectivity index (χ1) is 9.81. The van der Waals surface area contributed by atoms with Crippen molar-refractivity contribution in [3.8, 4) is 6.07 Å². The quantitative estimate of drug-likeness (QED) is 0.845. The van der Waals surface area contributed by atoms with Gasteiger partial charge in [0.2, 0.25) is 0 Å². The number of hydrogen-bond acceptors (Lipinski definition) is 3. The second kappa shape index (κ2) is 5.50. The van der Waals surface area contributed by atoms with Crippen molar-refractivity contribution in [1.82, 2.24) is 4.98 Å². The first kappa shape index (κ1) is 12.9. The van der Waals surface area contributed by atoms with Gasteiger partial charge in [0.15, 0.2) is 0 Å².